The number of nitrogens with zero attached hydrogens (tertiary/aromatic N) is 3. The second-order valence-corrected chi connectivity index (χ2v) is 4.68. The van der Waals surface area contributed by atoms with Gasteiger partial charge in [0.25, 0.3) is 5.91 Å². The van der Waals surface area contributed by atoms with Crippen LogP contribution in [0.5, 0.6) is 0 Å². The molecule has 1 aliphatic rings. The fourth-order valence-corrected chi connectivity index (χ4v) is 2.17. The zero-order valence-electron chi connectivity index (χ0n) is 11.1. The molecule has 1 saturated heterocycles. The minimum atomic E-state index is -4.87. The molecule has 2 rings (SSSR count). The lowest BCUT2D eigenvalue weighted by atomic mass is 10.2. The maximum atomic E-state index is 12.4. The molecular weight excluding hydrogens is 287 g/mol. The van der Waals surface area contributed by atoms with Crippen LogP contribution in [-0.2, 0) is 4.79 Å². The van der Waals surface area contributed by atoms with Crippen LogP contribution >= 0.6 is 0 Å². The maximum Gasteiger partial charge on any atom is 0.471 e. The minimum Gasteiger partial charge on any atom is -0.337 e. The van der Waals surface area contributed by atoms with Crippen LogP contribution in [0.25, 0.3) is 0 Å². The highest BCUT2D eigenvalue weighted by Gasteiger charge is 2.42. The molecule has 5 nitrogen and oxygen atoms in total. The average Bonchev–Trinajstić information content (AvgIpc) is 2.71. The van der Waals surface area contributed by atoms with Crippen LogP contribution in [0, 0.1) is 0 Å². The predicted octanol–water partition coefficient (Wildman–Crippen LogP) is 1.32. The van der Waals surface area contributed by atoms with Crippen molar-refractivity contribution in [2.75, 3.05) is 26.2 Å². The van der Waals surface area contributed by atoms with Crippen LogP contribution in [0.2, 0.25) is 0 Å². The molecule has 1 fully saturated rings. The molecule has 0 saturated carbocycles. The Hall–Kier alpha value is -2.12. The highest BCUT2D eigenvalue weighted by molar-refractivity contribution is 5.94. The molecule has 0 aromatic carbocycles. The molecule has 0 aliphatic carbocycles. The van der Waals surface area contributed by atoms with Gasteiger partial charge in [0.1, 0.15) is 0 Å². The van der Waals surface area contributed by atoms with Crippen molar-refractivity contribution in [2.45, 2.75) is 12.6 Å². The van der Waals surface area contributed by atoms with E-state index in [2.05, 4.69) is 4.98 Å². The lowest BCUT2D eigenvalue weighted by Gasteiger charge is -2.22. The number of carbonyl (C=O) groups excluding carboxylic acids is 2. The number of halogens is 3. The summed E-state index contributed by atoms with van der Waals surface area (Å²) in [7, 11) is 0. The van der Waals surface area contributed by atoms with Crippen molar-refractivity contribution in [2.24, 2.45) is 0 Å². The molecule has 1 aliphatic heterocycles. The van der Waals surface area contributed by atoms with Gasteiger partial charge in [-0.25, -0.2) is 0 Å². The van der Waals surface area contributed by atoms with Crippen LogP contribution < -0.4 is 0 Å². The number of hydrogen-bond acceptors (Lipinski definition) is 3. The molecule has 21 heavy (non-hydrogen) atoms. The molecule has 8 heteroatoms. The lowest BCUT2D eigenvalue weighted by molar-refractivity contribution is -0.185. The highest BCUT2D eigenvalue weighted by Crippen LogP contribution is 2.19. The van der Waals surface area contributed by atoms with Crippen molar-refractivity contribution in [3.8, 4) is 0 Å². The Morgan fingerprint density at radius 2 is 1.76 bits per heavy atom. The Kier molecular flexibility index (Phi) is 4.44. The highest BCUT2D eigenvalue weighted by atomic mass is 19.4. The van der Waals surface area contributed by atoms with Crippen LogP contribution in [0.15, 0.2) is 24.5 Å². The quantitative estimate of drug-likeness (QED) is 0.786. The fourth-order valence-electron chi connectivity index (χ4n) is 2.17. The van der Waals surface area contributed by atoms with Crippen LogP contribution in [0.4, 0.5) is 13.2 Å². The Balaban J connectivity index is 2.01. The first-order valence-electron chi connectivity index (χ1n) is 6.45. The van der Waals surface area contributed by atoms with Gasteiger partial charge in [0, 0.05) is 38.6 Å². The van der Waals surface area contributed by atoms with Crippen molar-refractivity contribution >= 4 is 11.8 Å². The van der Waals surface area contributed by atoms with Crippen LogP contribution in [0.1, 0.15) is 16.8 Å². The maximum absolute atomic E-state index is 12.4. The third-order valence-electron chi connectivity index (χ3n) is 3.22. The van der Waals surface area contributed by atoms with E-state index >= 15 is 0 Å². The lowest BCUT2D eigenvalue weighted by Crippen LogP contribution is -2.43. The smallest absolute Gasteiger partial charge is 0.337 e. The van der Waals surface area contributed by atoms with Gasteiger partial charge < -0.3 is 9.80 Å². The monoisotopic (exact) mass is 301 g/mol. The van der Waals surface area contributed by atoms with E-state index in [9.17, 15) is 22.8 Å². The largest absolute Gasteiger partial charge is 0.471 e. The second kappa shape index (κ2) is 6.11. The molecule has 0 atom stereocenters. The van der Waals surface area contributed by atoms with Crippen molar-refractivity contribution in [1.29, 1.82) is 0 Å². The van der Waals surface area contributed by atoms with Gasteiger partial charge in [-0.2, -0.15) is 13.2 Å². The summed E-state index contributed by atoms with van der Waals surface area (Å²) in [6.07, 6.45) is -1.62. The van der Waals surface area contributed by atoms with Crippen LogP contribution in [0.3, 0.4) is 0 Å². The Bertz CT molecular complexity index is 519. The fraction of sp³-hybridized carbons (Fsp3) is 0.462. The number of pyridine rings is 1. The van der Waals surface area contributed by atoms with Gasteiger partial charge >= 0.3 is 12.1 Å². The second-order valence-electron chi connectivity index (χ2n) is 4.68. The summed E-state index contributed by atoms with van der Waals surface area (Å²) >= 11 is 0. The number of amides is 2. The first-order valence-corrected chi connectivity index (χ1v) is 6.45. The summed E-state index contributed by atoms with van der Waals surface area (Å²) in [5.74, 6) is -2.14. The number of hydrogen-bond donors (Lipinski definition) is 0. The topological polar surface area (TPSA) is 53.5 Å². The zero-order chi connectivity index (χ0) is 15.5. The molecule has 0 spiro atoms. The van der Waals surface area contributed by atoms with Gasteiger partial charge in [0.05, 0.1) is 5.56 Å². The van der Waals surface area contributed by atoms with Gasteiger partial charge in [-0.05, 0) is 18.6 Å². The van der Waals surface area contributed by atoms with Gasteiger partial charge in [-0.3, -0.25) is 14.6 Å². The third kappa shape index (κ3) is 3.71. The summed E-state index contributed by atoms with van der Waals surface area (Å²) in [6, 6.07) is 3.21. The van der Waals surface area contributed by atoms with Gasteiger partial charge in [-0.15, -0.1) is 0 Å². The SMILES string of the molecule is O=C(c1cccnc1)N1CCCN(C(=O)C(F)(F)F)CC1. The molecule has 2 amide bonds. The van der Waals surface area contributed by atoms with Crippen molar-refractivity contribution in [1.82, 2.24) is 14.8 Å². The number of alkyl halides is 3. The predicted molar refractivity (Wildman–Crippen MR) is 67.4 cm³/mol. The molecular formula is C13H14F3N3O2. The summed E-state index contributed by atoms with van der Waals surface area (Å²) in [5.41, 5.74) is 0.382. The Labute approximate surface area is 119 Å². The summed E-state index contributed by atoms with van der Waals surface area (Å²) in [5, 5.41) is 0. The Morgan fingerprint density at radius 3 is 2.38 bits per heavy atom. The number of rotatable bonds is 1. The van der Waals surface area contributed by atoms with E-state index in [1.54, 1.807) is 12.1 Å². The van der Waals surface area contributed by atoms with E-state index in [0.29, 0.717) is 18.5 Å². The molecule has 0 unspecified atom stereocenters. The van der Waals surface area contributed by atoms with Crippen molar-refractivity contribution < 1.29 is 22.8 Å². The number of carbonyl (C=O) groups is 2. The molecule has 1 aromatic rings. The summed E-state index contributed by atoms with van der Waals surface area (Å²) in [4.78, 5) is 29.4. The third-order valence-corrected chi connectivity index (χ3v) is 3.22. The van der Waals surface area contributed by atoms with E-state index in [4.69, 9.17) is 0 Å². The van der Waals surface area contributed by atoms with Crippen molar-refractivity contribution in [3.63, 3.8) is 0 Å². The first-order chi connectivity index (χ1) is 9.89. The zero-order valence-corrected chi connectivity index (χ0v) is 11.1. The first kappa shape index (κ1) is 15.3. The molecule has 114 valence electrons. The molecule has 0 radical (unpaired) electrons. The number of aromatic nitrogens is 1. The van der Waals surface area contributed by atoms with E-state index in [0.717, 1.165) is 4.90 Å². The molecule has 0 N–H and O–H groups in total. The normalized spacial score (nSPS) is 16.5. The minimum absolute atomic E-state index is 0.00480. The van der Waals surface area contributed by atoms with Crippen molar-refractivity contribution in [3.05, 3.63) is 30.1 Å². The summed E-state index contributed by atoms with van der Waals surface area (Å²) in [6.45, 7) is 0.268. The van der Waals surface area contributed by atoms with E-state index in [1.807, 2.05) is 0 Å². The van der Waals surface area contributed by atoms with E-state index < -0.39 is 12.1 Å². The average molecular weight is 301 g/mol. The summed E-state index contributed by atoms with van der Waals surface area (Å²) < 4.78 is 37.2. The van der Waals surface area contributed by atoms with E-state index in [1.165, 1.54) is 17.3 Å². The molecule has 2 heterocycles. The standard InChI is InChI=1S/C13H14F3N3O2/c14-13(15,16)12(21)19-6-2-5-18(7-8-19)11(20)10-3-1-4-17-9-10/h1,3-4,9H,2,5-8H2. The van der Waals surface area contributed by atoms with Gasteiger partial charge in [0.2, 0.25) is 0 Å². The van der Waals surface area contributed by atoms with Gasteiger partial charge in [-0.1, -0.05) is 0 Å². The van der Waals surface area contributed by atoms with Crippen LogP contribution in [-0.4, -0.2) is 59.0 Å². The molecule has 1 aromatic heterocycles. The van der Waals surface area contributed by atoms with E-state index in [-0.39, 0.29) is 25.5 Å². The molecule has 0 bridgehead atoms. The van der Waals surface area contributed by atoms with Gasteiger partial charge in [0.15, 0.2) is 0 Å². The Morgan fingerprint density at radius 1 is 1.10 bits per heavy atom.